The van der Waals surface area contributed by atoms with E-state index in [1.54, 1.807) is 25.7 Å². The van der Waals surface area contributed by atoms with E-state index in [1.807, 2.05) is 12.1 Å². The number of rotatable bonds is 7. The lowest BCUT2D eigenvalue weighted by atomic mass is 10.0. The molecular weight excluding hydrogens is 574 g/mol. The normalized spacial score (nSPS) is 22.4. The fourth-order valence-corrected chi connectivity index (χ4v) is 5.68. The van der Waals surface area contributed by atoms with Crippen molar-refractivity contribution < 1.29 is 17.6 Å². The molecule has 4 rings (SSSR count). The Labute approximate surface area is 212 Å². The van der Waals surface area contributed by atoms with Gasteiger partial charge in [0.25, 0.3) is 0 Å². The van der Waals surface area contributed by atoms with Crippen molar-refractivity contribution in [1.29, 1.82) is 0 Å². The SMILES string of the molecule is CC(C)(C)S(=O)(=O)NCCCN1C(Cc2cc3c(cc2I)CCC3=O)=NC2C1=NC(F)=NC2N. The summed E-state index contributed by atoms with van der Waals surface area (Å²) in [6.07, 6.45) is 0.367. The molecule has 0 bridgehead atoms. The number of amidine groups is 3. The lowest BCUT2D eigenvalue weighted by Gasteiger charge is -2.26. The highest BCUT2D eigenvalue weighted by molar-refractivity contribution is 14.1. The first-order chi connectivity index (χ1) is 15.9. The molecule has 0 aromatic heterocycles. The highest BCUT2D eigenvalue weighted by Gasteiger charge is 2.39. The number of ketones is 1. The van der Waals surface area contributed by atoms with Crippen molar-refractivity contribution in [2.75, 3.05) is 13.1 Å². The third-order valence-corrected chi connectivity index (χ3v) is 9.33. The molecule has 0 spiro atoms. The van der Waals surface area contributed by atoms with Crippen LogP contribution in [-0.2, 0) is 22.9 Å². The van der Waals surface area contributed by atoms with Crippen LogP contribution in [0, 0.1) is 3.57 Å². The predicted molar refractivity (Wildman–Crippen MR) is 139 cm³/mol. The average molecular weight is 602 g/mol. The summed E-state index contributed by atoms with van der Waals surface area (Å²) in [5, 5.41) is 0. The van der Waals surface area contributed by atoms with Gasteiger partial charge in [-0.05, 0) is 79.5 Å². The molecule has 184 valence electrons. The van der Waals surface area contributed by atoms with Gasteiger partial charge in [0.15, 0.2) is 5.78 Å². The number of aliphatic imine (C=N–C) groups is 3. The number of benzene rings is 1. The summed E-state index contributed by atoms with van der Waals surface area (Å²) in [7, 11) is -3.47. The minimum Gasteiger partial charge on any atom is -0.316 e. The van der Waals surface area contributed by atoms with Gasteiger partial charge in [-0.2, -0.15) is 9.38 Å². The zero-order chi connectivity index (χ0) is 24.8. The van der Waals surface area contributed by atoms with Crippen molar-refractivity contribution in [1.82, 2.24) is 9.62 Å². The van der Waals surface area contributed by atoms with Gasteiger partial charge in [-0.25, -0.2) is 18.1 Å². The molecule has 0 saturated heterocycles. The molecule has 0 fully saturated rings. The van der Waals surface area contributed by atoms with Crippen molar-refractivity contribution in [3.63, 3.8) is 0 Å². The molecule has 3 aliphatic rings. The van der Waals surface area contributed by atoms with Crippen LogP contribution in [-0.4, -0.2) is 66.9 Å². The van der Waals surface area contributed by atoms with Crippen LogP contribution < -0.4 is 10.5 Å². The molecule has 1 aromatic carbocycles. The van der Waals surface area contributed by atoms with Crippen LogP contribution in [0.3, 0.4) is 0 Å². The zero-order valence-electron chi connectivity index (χ0n) is 19.3. The van der Waals surface area contributed by atoms with Crippen molar-refractivity contribution in [3.8, 4) is 0 Å². The van der Waals surface area contributed by atoms with E-state index in [1.165, 1.54) is 0 Å². The first-order valence-electron chi connectivity index (χ1n) is 11.1. The van der Waals surface area contributed by atoms with Crippen LogP contribution in [0.25, 0.3) is 0 Å². The molecule has 1 aliphatic carbocycles. The van der Waals surface area contributed by atoms with E-state index >= 15 is 0 Å². The monoisotopic (exact) mass is 602 g/mol. The molecule has 1 aromatic rings. The molecule has 2 heterocycles. The molecule has 0 radical (unpaired) electrons. The Balaban J connectivity index is 1.55. The summed E-state index contributed by atoms with van der Waals surface area (Å²) in [4.78, 5) is 26.4. The van der Waals surface area contributed by atoms with Gasteiger partial charge in [-0.15, -0.1) is 0 Å². The molecule has 34 heavy (non-hydrogen) atoms. The van der Waals surface area contributed by atoms with Crippen LogP contribution in [0.4, 0.5) is 4.39 Å². The molecule has 2 atom stereocenters. The number of nitrogens with two attached hydrogens (primary N) is 1. The van der Waals surface area contributed by atoms with Gasteiger partial charge in [0.1, 0.15) is 23.9 Å². The van der Waals surface area contributed by atoms with Gasteiger partial charge in [0.05, 0.1) is 4.75 Å². The number of aryl methyl sites for hydroxylation is 1. The second kappa shape index (κ2) is 9.36. The van der Waals surface area contributed by atoms with Gasteiger partial charge < -0.3 is 10.6 Å². The smallest absolute Gasteiger partial charge is 0.307 e. The lowest BCUT2D eigenvalue weighted by molar-refractivity contribution is 0.0994. The number of hydrogen-bond donors (Lipinski definition) is 2. The zero-order valence-corrected chi connectivity index (χ0v) is 22.3. The third kappa shape index (κ3) is 4.95. The van der Waals surface area contributed by atoms with Crippen molar-refractivity contribution in [2.24, 2.45) is 20.7 Å². The number of nitrogens with zero attached hydrogens (tertiary/aromatic N) is 4. The quantitative estimate of drug-likeness (QED) is 0.281. The Morgan fingerprint density at radius 2 is 2.00 bits per heavy atom. The molecule has 0 amide bonds. The van der Waals surface area contributed by atoms with E-state index in [-0.39, 0.29) is 12.3 Å². The van der Waals surface area contributed by atoms with Gasteiger partial charge >= 0.3 is 6.09 Å². The van der Waals surface area contributed by atoms with E-state index in [4.69, 9.17) is 10.7 Å². The van der Waals surface area contributed by atoms with E-state index in [0.717, 1.165) is 26.7 Å². The number of halogens is 2. The van der Waals surface area contributed by atoms with Gasteiger partial charge in [-0.1, -0.05) is 0 Å². The Morgan fingerprint density at radius 3 is 2.71 bits per heavy atom. The number of carbonyl (C=O) groups excluding carboxylic acids is 1. The van der Waals surface area contributed by atoms with E-state index in [0.29, 0.717) is 37.5 Å². The van der Waals surface area contributed by atoms with Crippen molar-refractivity contribution in [2.45, 2.75) is 63.4 Å². The molecule has 2 aliphatic heterocycles. The molecule has 3 N–H and O–H groups in total. The van der Waals surface area contributed by atoms with Crippen LogP contribution >= 0.6 is 22.6 Å². The predicted octanol–water partition coefficient (Wildman–Crippen LogP) is 2.18. The number of nitrogens with one attached hydrogen (secondary N) is 1. The summed E-state index contributed by atoms with van der Waals surface area (Å²) in [6, 6.07) is 3.36. The maximum atomic E-state index is 14.0. The molecular formula is C22H28FIN6O3S. The second-order valence-corrected chi connectivity index (χ2v) is 13.2. The summed E-state index contributed by atoms with van der Waals surface area (Å²) in [5.74, 6) is 1.16. The lowest BCUT2D eigenvalue weighted by Crippen LogP contribution is -2.46. The van der Waals surface area contributed by atoms with Crippen molar-refractivity contribution >= 4 is 56.2 Å². The second-order valence-electron chi connectivity index (χ2n) is 9.56. The number of sulfonamides is 1. The average Bonchev–Trinajstić information content (AvgIpc) is 3.25. The van der Waals surface area contributed by atoms with E-state index in [2.05, 4.69) is 37.3 Å². The number of fused-ring (bicyclic) bond motifs is 2. The highest BCUT2D eigenvalue weighted by atomic mass is 127. The minimum absolute atomic E-state index is 0.138. The molecule has 9 nitrogen and oxygen atoms in total. The number of carbonyl (C=O) groups is 1. The van der Waals surface area contributed by atoms with Crippen LogP contribution in [0.1, 0.15) is 55.1 Å². The van der Waals surface area contributed by atoms with E-state index in [9.17, 15) is 17.6 Å². The Bertz CT molecular complexity index is 1220. The highest BCUT2D eigenvalue weighted by Crippen LogP contribution is 2.29. The standard InChI is InChI=1S/C22H28FIN6O3S/c1-22(2,3)34(32,33)26-7-4-8-30-17(27-18-19(25)28-21(23)29-20(18)30)11-13-9-14-12(10-15(13)24)5-6-16(14)31/h9-10,18-19,26H,4-8,11,25H2,1-3H3. The molecule has 0 saturated carbocycles. The van der Waals surface area contributed by atoms with Crippen LogP contribution in [0.5, 0.6) is 0 Å². The topological polar surface area (TPSA) is 130 Å². The molecule has 12 heteroatoms. The van der Waals surface area contributed by atoms with E-state index < -0.39 is 33.1 Å². The van der Waals surface area contributed by atoms with Crippen LogP contribution in [0.15, 0.2) is 27.1 Å². The van der Waals surface area contributed by atoms with Gasteiger partial charge in [-0.3, -0.25) is 9.79 Å². The summed E-state index contributed by atoms with van der Waals surface area (Å²) < 4.78 is 41.4. The number of hydrogen-bond acceptors (Lipinski definition) is 8. The first-order valence-corrected chi connectivity index (χ1v) is 13.7. The van der Waals surface area contributed by atoms with Gasteiger partial charge in [0.2, 0.25) is 10.0 Å². The fraction of sp³-hybridized carbons (Fsp3) is 0.545. The Morgan fingerprint density at radius 1 is 1.26 bits per heavy atom. The largest absolute Gasteiger partial charge is 0.316 e. The summed E-state index contributed by atoms with van der Waals surface area (Å²) >= 11 is 2.25. The third-order valence-electron chi connectivity index (χ3n) is 6.13. The summed E-state index contributed by atoms with van der Waals surface area (Å²) in [5.41, 5.74) is 8.78. The Kier molecular flexibility index (Phi) is 6.97. The van der Waals surface area contributed by atoms with Crippen molar-refractivity contribution in [3.05, 3.63) is 32.4 Å². The molecule has 2 unspecified atom stereocenters. The fourth-order valence-electron chi connectivity index (χ4n) is 4.11. The first kappa shape index (κ1) is 25.3. The van der Waals surface area contributed by atoms with Gasteiger partial charge in [0, 0.05) is 35.1 Å². The van der Waals surface area contributed by atoms with Crippen LogP contribution in [0.2, 0.25) is 0 Å². The maximum Gasteiger partial charge on any atom is 0.307 e. The maximum absolute atomic E-state index is 14.0. The number of Topliss-reactive ketones (excluding diaryl/α,β-unsaturated/α-hetero) is 1. The summed E-state index contributed by atoms with van der Waals surface area (Å²) in [6.45, 7) is 5.49. The minimum atomic E-state index is -3.47. The Hall–Kier alpha value is -1.77.